The average Bonchev–Trinajstić information content (AvgIpc) is 3.27. The minimum atomic E-state index is -0.917. The number of hydrogen-bond acceptors (Lipinski definition) is 5. The molecule has 2 atom stereocenters. The van der Waals surface area contributed by atoms with Gasteiger partial charge in [0.1, 0.15) is 5.69 Å². The molecule has 0 saturated carbocycles. The first-order valence-electron chi connectivity index (χ1n) is 8.38. The Bertz CT molecular complexity index is 882. The fourth-order valence-electron chi connectivity index (χ4n) is 3.53. The van der Waals surface area contributed by atoms with E-state index in [4.69, 9.17) is 9.47 Å². The highest BCUT2D eigenvalue weighted by Crippen LogP contribution is 2.39. The van der Waals surface area contributed by atoms with Crippen molar-refractivity contribution < 1.29 is 24.2 Å². The number of carboxylic acids is 1. The van der Waals surface area contributed by atoms with Crippen molar-refractivity contribution in [1.82, 2.24) is 9.88 Å². The van der Waals surface area contributed by atoms with Crippen molar-refractivity contribution in [3.63, 3.8) is 0 Å². The predicted octanol–water partition coefficient (Wildman–Crippen LogP) is 2.06. The summed E-state index contributed by atoms with van der Waals surface area (Å²) in [6.07, 6.45) is 0. The van der Waals surface area contributed by atoms with E-state index in [0.29, 0.717) is 23.7 Å². The van der Waals surface area contributed by atoms with Crippen molar-refractivity contribution in [2.24, 2.45) is 5.92 Å². The number of nitrogens with zero attached hydrogens (tertiary/aromatic N) is 2. The quantitative estimate of drug-likeness (QED) is 0.908. The normalized spacial score (nSPS) is 21.0. The first-order chi connectivity index (χ1) is 12.5. The Morgan fingerprint density at radius 1 is 1.15 bits per heavy atom. The molecule has 0 unspecified atom stereocenters. The van der Waals surface area contributed by atoms with Crippen LogP contribution in [0.5, 0.6) is 11.5 Å². The lowest BCUT2D eigenvalue weighted by atomic mass is 9.89. The molecule has 3 heterocycles. The Kier molecular flexibility index (Phi) is 3.99. The van der Waals surface area contributed by atoms with E-state index in [1.807, 2.05) is 25.1 Å². The number of pyridine rings is 1. The molecule has 7 nitrogen and oxygen atoms in total. The SMILES string of the molecule is Cc1cccc(C(=O)N2C[C@@H](C(=O)O)[C@H](c3ccc4c(c3)OCO4)C2)n1. The van der Waals surface area contributed by atoms with Crippen molar-refractivity contribution in [1.29, 1.82) is 0 Å². The molecule has 1 saturated heterocycles. The van der Waals surface area contributed by atoms with Crippen LogP contribution in [0.15, 0.2) is 36.4 Å². The van der Waals surface area contributed by atoms with Crippen LogP contribution in [0.25, 0.3) is 0 Å². The maximum Gasteiger partial charge on any atom is 0.308 e. The zero-order valence-corrected chi connectivity index (χ0v) is 14.2. The highest BCUT2D eigenvalue weighted by Gasteiger charge is 2.41. The van der Waals surface area contributed by atoms with E-state index < -0.39 is 11.9 Å². The first-order valence-corrected chi connectivity index (χ1v) is 8.38. The number of fused-ring (bicyclic) bond motifs is 1. The van der Waals surface area contributed by atoms with Gasteiger partial charge in [0.15, 0.2) is 11.5 Å². The topological polar surface area (TPSA) is 89.0 Å². The molecule has 0 spiro atoms. The standard InChI is InChI=1S/C19H18N2O5/c1-11-3-2-4-15(20-11)18(22)21-8-13(14(9-21)19(23)24)12-5-6-16-17(7-12)26-10-25-16/h2-7,13-14H,8-10H2,1H3,(H,23,24)/t13-,14+/m0/s1. The summed E-state index contributed by atoms with van der Waals surface area (Å²) in [7, 11) is 0. The lowest BCUT2D eigenvalue weighted by molar-refractivity contribution is -0.141. The van der Waals surface area contributed by atoms with Gasteiger partial charge in [0.25, 0.3) is 5.91 Å². The summed E-state index contributed by atoms with van der Waals surface area (Å²) in [5, 5.41) is 9.64. The Morgan fingerprint density at radius 2 is 1.96 bits per heavy atom. The van der Waals surface area contributed by atoms with Gasteiger partial charge in [0.2, 0.25) is 6.79 Å². The minimum Gasteiger partial charge on any atom is -0.481 e. The van der Waals surface area contributed by atoms with Crippen LogP contribution in [0.1, 0.15) is 27.7 Å². The van der Waals surface area contributed by atoms with Crippen LogP contribution in [-0.2, 0) is 4.79 Å². The number of amides is 1. The van der Waals surface area contributed by atoms with Gasteiger partial charge in [-0.25, -0.2) is 4.98 Å². The molecule has 1 aromatic carbocycles. The van der Waals surface area contributed by atoms with Gasteiger partial charge in [0.05, 0.1) is 5.92 Å². The summed E-state index contributed by atoms with van der Waals surface area (Å²) >= 11 is 0. The number of carbonyl (C=O) groups is 2. The fourth-order valence-corrected chi connectivity index (χ4v) is 3.53. The average molecular weight is 354 g/mol. The second kappa shape index (κ2) is 6.33. The van der Waals surface area contributed by atoms with E-state index >= 15 is 0 Å². The Morgan fingerprint density at radius 3 is 2.73 bits per heavy atom. The van der Waals surface area contributed by atoms with Gasteiger partial charge in [-0.15, -0.1) is 0 Å². The fraction of sp³-hybridized carbons (Fsp3) is 0.316. The molecule has 0 aliphatic carbocycles. The molecular formula is C19H18N2O5. The van der Waals surface area contributed by atoms with Crippen molar-refractivity contribution in [3.8, 4) is 11.5 Å². The summed E-state index contributed by atoms with van der Waals surface area (Å²) in [6.45, 7) is 2.46. The summed E-state index contributed by atoms with van der Waals surface area (Å²) in [5.74, 6) is -0.893. The highest BCUT2D eigenvalue weighted by atomic mass is 16.7. The summed E-state index contributed by atoms with van der Waals surface area (Å²) in [6, 6.07) is 10.7. The Hall–Kier alpha value is -3.09. The number of hydrogen-bond donors (Lipinski definition) is 1. The molecule has 2 aromatic rings. The molecule has 26 heavy (non-hydrogen) atoms. The smallest absolute Gasteiger partial charge is 0.308 e. The predicted molar refractivity (Wildman–Crippen MR) is 91.3 cm³/mol. The minimum absolute atomic E-state index is 0.156. The molecule has 1 N–H and O–H groups in total. The maximum absolute atomic E-state index is 12.8. The molecule has 2 aliphatic heterocycles. The third-order valence-corrected chi connectivity index (χ3v) is 4.86. The number of carbonyl (C=O) groups excluding carboxylic acids is 1. The van der Waals surface area contributed by atoms with Gasteiger partial charge in [-0.1, -0.05) is 12.1 Å². The van der Waals surface area contributed by atoms with Crippen molar-refractivity contribution in [3.05, 3.63) is 53.3 Å². The Labute approximate surface area is 150 Å². The second-order valence-electron chi connectivity index (χ2n) is 6.54. The third kappa shape index (κ3) is 2.85. The zero-order valence-electron chi connectivity index (χ0n) is 14.2. The molecule has 1 fully saturated rings. The molecule has 0 bridgehead atoms. The van der Waals surface area contributed by atoms with Crippen LogP contribution < -0.4 is 9.47 Å². The third-order valence-electron chi connectivity index (χ3n) is 4.86. The van der Waals surface area contributed by atoms with E-state index in [0.717, 1.165) is 11.3 Å². The van der Waals surface area contributed by atoms with Gasteiger partial charge < -0.3 is 19.5 Å². The van der Waals surface area contributed by atoms with E-state index in [2.05, 4.69) is 4.98 Å². The molecule has 1 amide bonds. The van der Waals surface area contributed by atoms with Crippen LogP contribution >= 0.6 is 0 Å². The van der Waals surface area contributed by atoms with Crippen LogP contribution in [0.3, 0.4) is 0 Å². The maximum atomic E-state index is 12.8. The number of aryl methyl sites for hydroxylation is 1. The molecule has 2 aliphatic rings. The van der Waals surface area contributed by atoms with Gasteiger partial charge in [-0.3, -0.25) is 9.59 Å². The first kappa shape index (κ1) is 16.4. The number of aliphatic carboxylic acids is 1. The van der Waals surface area contributed by atoms with E-state index in [-0.39, 0.29) is 25.2 Å². The van der Waals surface area contributed by atoms with E-state index in [1.165, 1.54) is 0 Å². The van der Waals surface area contributed by atoms with E-state index in [9.17, 15) is 14.7 Å². The van der Waals surface area contributed by atoms with Crippen LogP contribution in [0.2, 0.25) is 0 Å². The van der Waals surface area contributed by atoms with Crippen molar-refractivity contribution >= 4 is 11.9 Å². The molecule has 0 radical (unpaired) electrons. The van der Waals surface area contributed by atoms with Crippen molar-refractivity contribution in [2.45, 2.75) is 12.8 Å². The Balaban J connectivity index is 1.61. The number of likely N-dealkylation sites (tertiary alicyclic amines) is 1. The monoisotopic (exact) mass is 354 g/mol. The number of rotatable bonds is 3. The number of benzene rings is 1. The lowest BCUT2D eigenvalue weighted by Crippen LogP contribution is -2.30. The number of aromatic nitrogens is 1. The van der Waals surface area contributed by atoms with Gasteiger partial charge >= 0.3 is 5.97 Å². The lowest BCUT2D eigenvalue weighted by Gasteiger charge is -2.16. The number of carboxylic acid groups (broad SMARTS) is 1. The summed E-state index contributed by atoms with van der Waals surface area (Å²) in [5.41, 5.74) is 1.91. The summed E-state index contributed by atoms with van der Waals surface area (Å²) < 4.78 is 10.7. The largest absolute Gasteiger partial charge is 0.481 e. The molecule has 4 rings (SSSR count). The summed E-state index contributed by atoms with van der Waals surface area (Å²) in [4.78, 5) is 30.3. The van der Waals surface area contributed by atoms with Crippen molar-refractivity contribution in [2.75, 3.05) is 19.9 Å². The van der Waals surface area contributed by atoms with Gasteiger partial charge in [-0.05, 0) is 36.8 Å². The molecular weight excluding hydrogens is 336 g/mol. The number of ether oxygens (including phenoxy) is 2. The van der Waals surface area contributed by atoms with Crippen LogP contribution in [-0.4, -0.2) is 46.7 Å². The van der Waals surface area contributed by atoms with Crippen LogP contribution in [0.4, 0.5) is 0 Å². The second-order valence-corrected chi connectivity index (χ2v) is 6.54. The highest BCUT2D eigenvalue weighted by molar-refractivity contribution is 5.93. The van der Waals surface area contributed by atoms with E-state index in [1.54, 1.807) is 23.1 Å². The van der Waals surface area contributed by atoms with Gasteiger partial charge in [0, 0.05) is 24.7 Å². The molecule has 1 aromatic heterocycles. The zero-order chi connectivity index (χ0) is 18.3. The van der Waals surface area contributed by atoms with Gasteiger partial charge in [-0.2, -0.15) is 0 Å². The molecule has 7 heteroatoms. The van der Waals surface area contributed by atoms with Crippen LogP contribution in [0, 0.1) is 12.8 Å². The molecule has 134 valence electrons.